The number of esters is 1. The molecule has 3 nitrogen and oxygen atoms in total. The molecular weight excluding hydrogens is 332 g/mol. The first-order valence-electron chi connectivity index (χ1n) is 6.69. The molecule has 0 unspecified atom stereocenters. The van der Waals surface area contributed by atoms with Crippen LogP contribution in [0.4, 0.5) is 0 Å². The molecule has 0 radical (unpaired) electrons. The highest BCUT2D eigenvalue weighted by Gasteiger charge is 2.17. The van der Waals surface area contributed by atoms with Crippen LogP contribution in [0.3, 0.4) is 0 Å². The molecule has 1 atom stereocenters. The summed E-state index contributed by atoms with van der Waals surface area (Å²) in [6, 6.07) is 15.2. The van der Waals surface area contributed by atoms with Crippen LogP contribution in [0, 0.1) is 6.92 Å². The molecule has 0 aliphatic carbocycles. The van der Waals surface area contributed by atoms with Crippen molar-refractivity contribution < 1.29 is 14.6 Å². The molecule has 0 aliphatic heterocycles. The van der Waals surface area contributed by atoms with Crippen LogP contribution < -0.4 is 0 Å². The van der Waals surface area contributed by atoms with Crippen molar-refractivity contribution in [2.75, 3.05) is 0 Å². The number of halogens is 1. The average molecular weight is 349 g/mol. The van der Waals surface area contributed by atoms with Gasteiger partial charge < -0.3 is 9.84 Å². The second-order valence-electron chi connectivity index (χ2n) is 4.94. The Morgan fingerprint density at radius 3 is 2.29 bits per heavy atom. The Balaban J connectivity index is 1.84. The summed E-state index contributed by atoms with van der Waals surface area (Å²) < 4.78 is 6.09. The van der Waals surface area contributed by atoms with Gasteiger partial charge in [-0.1, -0.05) is 57.9 Å². The van der Waals surface area contributed by atoms with Gasteiger partial charge in [0, 0.05) is 10.9 Å². The van der Waals surface area contributed by atoms with Gasteiger partial charge in [-0.3, -0.25) is 0 Å². The van der Waals surface area contributed by atoms with Gasteiger partial charge in [-0.25, -0.2) is 4.79 Å². The number of carbonyl (C=O) groups excluding carboxylic acids is 1. The first kappa shape index (κ1) is 15.7. The Hall–Kier alpha value is -1.65. The van der Waals surface area contributed by atoms with Crippen molar-refractivity contribution in [2.45, 2.75) is 26.1 Å². The van der Waals surface area contributed by atoms with E-state index in [9.17, 15) is 9.90 Å². The Bertz CT molecular complexity index is 590. The van der Waals surface area contributed by atoms with Crippen molar-refractivity contribution in [3.63, 3.8) is 0 Å². The number of aliphatic hydroxyl groups is 1. The third kappa shape index (κ3) is 4.99. The maximum atomic E-state index is 11.8. The number of aliphatic hydroxyl groups excluding tert-OH is 1. The lowest BCUT2D eigenvalue weighted by Crippen LogP contribution is -2.25. The minimum Gasteiger partial charge on any atom is -0.459 e. The Kier molecular flexibility index (Phi) is 5.53. The average Bonchev–Trinajstić information content (AvgIpc) is 2.48. The van der Waals surface area contributed by atoms with Crippen molar-refractivity contribution in [1.82, 2.24) is 0 Å². The summed E-state index contributed by atoms with van der Waals surface area (Å²) in [4.78, 5) is 11.8. The molecule has 0 aromatic heterocycles. The Morgan fingerprint density at radius 2 is 1.67 bits per heavy atom. The molecule has 0 saturated heterocycles. The normalized spacial score (nSPS) is 12.0. The third-order valence-electron chi connectivity index (χ3n) is 3.12. The molecule has 110 valence electrons. The quantitative estimate of drug-likeness (QED) is 0.842. The van der Waals surface area contributed by atoms with E-state index in [-0.39, 0.29) is 13.0 Å². The zero-order valence-electron chi connectivity index (χ0n) is 11.8. The molecule has 0 amide bonds. The molecule has 21 heavy (non-hydrogen) atoms. The van der Waals surface area contributed by atoms with Crippen LogP contribution in [0.25, 0.3) is 0 Å². The van der Waals surface area contributed by atoms with Gasteiger partial charge in [-0.05, 0) is 30.2 Å². The number of hydrogen-bond donors (Lipinski definition) is 1. The minimum atomic E-state index is -1.14. The van der Waals surface area contributed by atoms with Crippen LogP contribution in [0.5, 0.6) is 0 Å². The van der Waals surface area contributed by atoms with Gasteiger partial charge in [-0.2, -0.15) is 0 Å². The largest absolute Gasteiger partial charge is 0.459 e. The van der Waals surface area contributed by atoms with Crippen molar-refractivity contribution in [3.8, 4) is 0 Å². The van der Waals surface area contributed by atoms with Crippen molar-refractivity contribution >= 4 is 21.9 Å². The minimum absolute atomic E-state index is 0.177. The van der Waals surface area contributed by atoms with Crippen LogP contribution in [-0.2, 0) is 22.6 Å². The summed E-state index contributed by atoms with van der Waals surface area (Å²) in [6.07, 6.45) is -0.892. The molecule has 0 aliphatic rings. The number of benzene rings is 2. The van der Waals surface area contributed by atoms with Gasteiger partial charge in [-0.15, -0.1) is 0 Å². The maximum Gasteiger partial charge on any atom is 0.335 e. The molecule has 0 saturated carbocycles. The van der Waals surface area contributed by atoms with E-state index in [0.29, 0.717) is 0 Å². The number of carbonyl (C=O) groups is 1. The first-order valence-corrected chi connectivity index (χ1v) is 7.48. The van der Waals surface area contributed by atoms with Gasteiger partial charge in [0.15, 0.2) is 6.10 Å². The van der Waals surface area contributed by atoms with Gasteiger partial charge in [0.1, 0.15) is 6.61 Å². The van der Waals surface area contributed by atoms with E-state index in [2.05, 4.69) is 15.9 Å². The number of ether oxygens (including phenoxy) is 1. The van der Waals surface area contributed by atoms with Crippen LogP contribution in [0.2, 0.25) is 0 Å². The number of aryl methyl sites for hydroxylation is 1. The third-order valence-corrected chi connectivity index (χ3v) is 3.64. The molecule has 0 fully saturated rings. The highest BCUT2D eigenvalue weighted by atomic mass is 79.9. The lowest BCUT2D eigenvalue weighted by molar-refractivity contribution is -0.154. The van der Waals surface area contributed by atoms with E-state index in [0.717, 1.165) is 21.2 Å². The van der Waals surface area contributed by atoms with Gasteiger partial charge in [0.05, 0.1) is 0 Å². The molecule has 0 bridgehead atoms. The van der Waals surface area contributed by atoms with E-state index in [4.69, 9.17) is 4.74 Å². The smallest absolute Gasteiger partial charge is 0.335 e. The maximum absolute atomic E-state index is 11.8. The topological polar surface area (TPSA) is 46.5 Å². The monoisotopic (exact) mass is 348 g/mol. The molecule has 0 spiro atoms. The Labute approximate surface area is 132 Å². The standard InChI is InChI=1S/C17H17BrO3/c1-12-2-4-14(5-3-12)11-21-17(20)16(19)10-13-6-8-15(18)9-7-13/h2-9,16,19H,10-11H2,1H3/t16-/m1/s1. The SMILES string of the molecule is Cc1ccc(COC(=O)[C@H](O)Cc2ccc(Br)cc2)cc1. The number of rotatable bonds is 5. The zero-order chi connectivity index (χ0) is 15.2. The zero-order valence-corrected chi connectivity index (χ0v) is 13.3. The molecule has 4 heteroatoms. The van der Waals surface area contributed by atoms with Crippen LogP contribution in [0.1, 0.15) is 16.7 Å². The van der Waals surface area contributed by atoms with Crippen LogP contribution in [0.15, 0.2) is 53.0 Å². The fourth-order valence-electron chi connectivity index (χ4n) is 1.86. The molecule has 2 aromatic rings. The first-order chi connectivity index (χ1) is 10.0. The van der Waals surface area contributed by atoms with Gasteiger partial charge in [0.25, 0.3) is 0 Å². The Morgan fingerprint density at radius 1 is 1.10 bits per heavy atom. The van der Waals surface area contributed by atoms with Gasteiger partial charge in [0.2, 0.25) is 0 Å². The molecular formula is C17H17BrO3. The highest BCUT2D eigenvalue weighted by molar-refractivity contribution is 9.10. The summed E-state index contributed by atoms with van der Waals surface area (Å²) in [5.41, 5.74) is 2.95. The summed E-state index contributed by atoms with van der Waals surface area (Å²) in [5, 5.41) is 9.88. The molecule has 2 rings (SSSR count). The summed E-state index contributed by atoms with van der Waals surface area (Å²) >= 11 is 3.34. The van der Waals surface area contributed by atoms with E-state index >= 15 is 0 Å². The lowest BCUT2D eigenvalue weighted by atomic mass is 10.1. The van der Waals surface area contributed by atoms with Crippen molar-refractivity contribution in [3.05, 3.63) is 69.7 Å². The van der Waals surface area contributed by atoms with E-state index in [1.165, 1.54) is 0 Å². The lowest BCUT2D eigenvalue weighted by Gasteiger charge is -2.11. The number of hydrogen-bond acceptors (Lipinski definition) is 3. The van der Waals surface area contributed by atoms with Crippen molar-refractivity contribution in [1.29, 1.82) is 0 Å². The fraction of sp³-hybridized carbons (Fsp3) is 0.235. The molecule has 1 N–H and O–H groups in total. The summed E-state index contributed by atoms with van der Waals surface area (Å²) in [6.45, 7) is 2.17. The second-order valence-corrected chi connectivity index (χ2v) is 5.86. The van der Waals surface area contributed by atoms with Gasteiger partial charge >= 0.3 is 5.97 Å². The predicted molar refractivity (Wildman–Crippen MR) is 84.8 cm³/mol. The summed E-state index contributed by atoms with van der Waals surface area (Å²) in [5.74, 6) is -0.599. The second kappa shape index (κ2) is 7.38. The van der Waals surface area contributed by atoms with Crippen LogP contribution in [-0.4, -0.2) is 17.2 Å². The molecule has 0 heterocycles. The highest BCUT2D eigenvalue weighted by Crippen LogP contribution is 2.13. The van der Waals surface area contributed by atoms with Crippen molar-refractivity contribution in [2.24, 2.45) is 0 Å². The fourth-order valence-corrected chi connectivity index (χ4v) is 2.13. The predicted octanol–water partition coefficient (Wildman–Crippen LogP) is 3.40. The summed E-state index contributed by atoms with van der Waals surface area (Å²) in [7, 11) is 0. The van der Waals surface area contributed by atoms with Crippen LogP contribution >= 0.6 is 15.9 Å². The van der Waals surface area contributed by atoms with E-state index in [1.807, 2.05) is 55.5 Å². The molecule has 2 aromatic carbocycles. The van der Waals surface area contributed by atoms with E-state index < -0.39 is 12.1 Å². The van der Waals surface area contributed by atoms with E-state index in [1.54, 1.807) is 0 Å².